The fourth-order valence-electron chi connectivity index (χ4n) is 1.68. The fourth-order valence-corrected chi connectivity index (χ4v) is 1.97. The topological polar surface area (TPSA) is 20.9 Å². The normalized spacial score (nSPS) is 10.2. The van der Waals surface area contributed by atoms with Gasteiger partial charge >= 0.3 is 0 Å². The molecule has 0 saturated heterocycles. The van der Waals surface area contributed by atoms with Crippen LogP contribution in [0.3, 0.4) is 0 Å². The number of benzene rings is 1. The van der Waals surface area contributed by atoms with E-state index in [1.807, 2.05) is 59.3 Å². The number of hydrogen-bond acceptors (Lipinski definition) is 2. The molecule has 0 unspecified atom stereocenters. The molecule has 2 aromatic rings. The minimum absolute atomic E-state index is 0.116. The molecule has 17 heavy (non-hydrogen) atoms. The van der Waals surface area contributed by atoms with Crippen LogP contribution in [-0.2, 0) is 12.3 Å². The third-order valence-electron chi connectivity index (χ3n) is 2.61. The second-order valence-corrected chi connectivity index (χ2v) is 4.08. The number of aromatic nitrogens is 1. The molecule has 3 heteroatoms. The zero-order valence-electron chi connectivity index (χ0n) is 9.41. The molecule has 0 amide bonds. The van der Waals surface area contributed by atoms with Crippen LogP contribution in [-0.4, -0.2) is 5.78 Å². The fraction of sp³-hybridized carbons (Fsp3) is 0.143. The molecule has 0 aliphatic heterocycles. The van der Waals surface area contributed by atoms with E-state index in [1.54, 1.807) is 0 Å². The van der Waals surface area contributed by atoms with Gasteiger partial charge in [0.25, 0.3) is 0 Å². The van der Waals surface area contributed by atoms with Gasteiger partial charge in [-0.05, 0) is 0 Å². The predicted octanol–water partition coefficient (Wildman–Crippen LogP) is 2.29. The SMILES string of the molecule is O=C(C[n+]1ccccc1CS)c1ccccc1. The second-order valence-electron chi connectivity index (χ2n) is 3.77. The second kappa shape index (κ2) is 5.64. The first kappa shape index (κ1) is 11.9. The summed E-state index contributed by atoms with van der Waals surface area (Å²) < 4.78 is 1.93. The standard InChI is InChI=1S/C14H13NOS/c16-14(12-6-2-1-3-7-12)10-15-9-5-4-8-13(15)11-17/h1-9H,10-11H2/p+1. The van der Waals surface area contributed by atoms with E-state index in [2.05, 4.69) is 12.6 Å². The van der Waals surface area contributed by atoms with Crippen molar-refractivity contribution in [1.82, 2.24) is 0 Å². The molecule has 1 aromatic carbocycles. The van der Waals surface area contributed by atoms with Crippen LogP contribution in [0.4, 0.5) is 0 Å². The summed E-state index contributed by atoms with van der Waals surface area (Å²) in [7, 11) is 0. The maximum Gasteiger partial charge on any atom is 0.227 e. The van der Waals surface area contributed by atoms with Gasteiger partial charge in [0.2, 0.25) is 12.3 Å². The third kappa shape index (κ3) is 2.94. The molecular formula is C14H14NOS+. The summed E-state index contributed by atoms with van der Waals surface area (Å²) in [4.78, 5) is 12.0. The van der Waals surface area contributed by atoms with Gasteiger partial charge in [0, 0.05) is 17.7 Å². The van der Waals surface area contributed by atoms with Gasteiger partial charge in [0.05, 0.1) is 5.75 Å². The quantitative estimate of drug-likeness (QED) is 0.497. The molecule has 1 aromatic heterocycles. The van der Waals surface area contributed by atoms with Crippen LogP contribution in [0.15, 0.2) is 54.7 Å². The van der Waals surface area contributed by atoms with Crippen LogP contribution in [0.5, 0.6) is 0 Å². The Kier molecular flexibility index (Phi) is 3.94. The number of Topliss-reactive ketones (excluding diaryl/α,β-unsaturated/α-hetero) is 1. The first-order chi connectivity index (χ1) is 8.31. The number of pyridine rings is 1. The van der Waals surface area contributed by atoms with Crippen LogP contribution in [0.25, 0.3) is 0 Å². The lowest BCUT2D eigenvalue weighted by Crippen LogP contribution is -2.41. The molecule has 2 nitrogen and oxygen atoms in total. The smallest absolute Gasteiger partial charge is 0.227 e. The average molecular weight is 244 g/mol. The van der Waals surface area contributed by atoms with E-state index in [0.29, 0.717) is 12.3 Å². The highest BCUT2D eigenvalue weighted by atomic mass is 32.1. The molecule has 0 aliphatic carbocycles. The minimum Gasteiger partial charge on any atom is -0.287 e. The molecule has 0 bridgehead atoms. The van der Waals surface area contributed by atoms with Gasteiger partial charge in [-0.3, -0.25) is 4.79 Å². The van der Waals surface area contributed by atoms with Gasteiger partial charge in [0.15, 0.2) is 11.9 Å². The van der Waals surface area contributed by atoms with Gasteiger partial charge in [0.1, 0.15) is 0 Å². The van der Waals surface area contributed by atoms with Crippen molar-refractivity contribution in [3.63, 3.8) is 0 Å². The van der Waals surface area contributed by atoms with Crippen molar-refractivity contribution in [1.29, 1.82) is 0 Å². The number of carbonyl (C=O) groups excluding carboxylic acids is 1. The van der Waals surface area contributed by atoms with Crippen LogP contribution in [0.2, 0.25) is 0 Å². The number of ketones is 1. The van der Waals surface area contributed by atoms with Gasteiger partial charge in [-0.1, -0.05) is 36.4 Å². The average Bonchev–Trinajstić information content (AvgIpc) is 2.40. The molecule has 0 radical (unpaired) electrons. The summed E-state index contributed by atoms with van der Waals surface area (Å²) in [6.07, 6.45) is 1.91. The monoisotopic (exact) mass is 244 g/mol. The van der Waals surface area contributed by atoms with E-state index >= 15 is 0 Å². The van der Waals surface area contributed by atoms with Gasteiger partial charge in [-0.2, -0.15) is 17.2 Å². The lowest BCUT2D eigenvalue weighted by atomic mass is 10.1. The zero-order chi connectivity index (χ0) is 12.1. The zero-order valence-corrected chi connectivity index (χ0v) is 10.3. The molecule has 86 valence electrons. The van der Waals surface area contributed by atoms with Crippen LogP contribution in [0.1, 0.15) is 16.1 Å². The van der Waals surface area contributed by atoms with Crippen LogP contribution >= 0.6 is 12.6 Å². The highest BCUT2D eigenvalue weighted by Crippen LogP contribution is 2.01. The van der Waals surface area contributed by atoms with Crippen molar-refractivity contribution < 1.29 is 9.36 Å². The van der Waals surface area contributed by atoms with Gasteiger partial charge < -0.3 is 0 Å². The van der Waals surface area contributed by atoms with E-state index in [0.717, 1.165) is 11.3 Å². The Balaban J connectivity index is 2.19. The maximum atomic E-state index is 12.0. The molecule has 0 saturated carbocycles. The maximum absolute atomic E-state index is 12.0. The molecular weight excluding hydrogens is 230 g/mol. The number of thiol groups is 1. The number of carbonyl (C=O) groups is 1. The van der Waals surface area contributed by atoms with Crippen molar-refractivity contribution in [3.8, 4) is 0 Å². The first-order valence-corrected chi connectivity index (χ1v) is 6.11. The number of rotatable bonds is 4. The molecule has 0 aliphatic rings. The Hall–Kier alpha value is -1.61. The predicted molar refractivity (Wildman–Crippen MR) is 70.1 cm³/mol. The van der Waals surface area contributed by atoms with Crippen molar-refractivity contribution in [3.05, 3.63) is 66.0 Å². The highest BCUT2D eigenvalue weighted by Gasteiger charge is 2.14. The van der Waals surface area contributed by atoms with Crippen LogP contribution in [0, 0.1) is 0 Å². The molecule has 0 N–H and O–H groups in total. The summed E-state index contributed by atoms with van der Waals surface area (Å²) in [5.41, 5.74) is 1.79. The minimum atomic E-state index is 0.116. The number of nitrogens with zero attached hydrogens (tertiary/aromatic N) is 1. The van der Waals surface area contributed by atoms with E-state index in [9.17, 15) is 4.79 Å². The van der Waals surface area contributed by atoms with Crippen molar-refractivity contribution >= 4 is 18.4 Å². The highest BCUT2D eigenvalue weighted by molar-refractivity contribution is 7.79. The Morgan fingerprint density at radius 3 is 2.47 bits per heavy atom. The Labute approximate surface area is 106 Å². The van der Waals surface area contributed by atoms with E-state index < -0.39 is 0 Å². The first-order valence-electron chi connectivity index (χ1n) is 5.47. The Morgan fingerprint density at radius 2 is 1.76 bits per heavy atom. The van der Waals surface area contributed by atoms with Crippen molar-refractivity contribution in [2.75, 3.05) is 0 Å². The van der Waals surface area contributed by atoms with Gasteiger partial charge in [-0.15, -0.1) is 0 Å². The molecule has 0 spiro atoms. The largest absolute Gasteiger partial charge is 0.287 e. The Morgan fingerprint density at radius 1 is 1.06 bits per heavy atom. The summed E-state index contributed by atoms with van der Waals surface area (Å²) in [6.45, 7) is 0.362. The van der Waals surface area contributed by atoms with Crippen molar-refractivity contribution in [2.24, 2.45) is 0 Å². The Bertz CT molecular complexity index is 511. The van der Waals surface area contributed by atoms with Crippen molar-refractivity contribution in [2.45, 2.75) is 12.3 Å². The lowest BCUT2D eigenvalue weighted by molar-refractivity contribution is -0.689. The van der Waals surface area contributed by atoms with E-state index in [-0.39, 0.29) is 5.78 Å². The third-order valence-corrected chi connectivity index (χ3v) is 2.93. The summed E-state index contributed by atoms with van der Waals surface area (Å²) >= 11 is 4.26. The summed E-state index contributed by atoms with van der Waals surface area (Å²) in [5.74, 6) is 0.743. The molecule has 1 heterocycles. The summed E-state index contributed by atoms with van der Waals surface area (Å²) in [6, 6.07) is 15.2. The van der Waals surface area contributed by atoms with E-state index in [4.69, 9.17) is 0 Å². The van der Waals surface area contributed by atoms with Gasteiger partial charge in [-0.25, -0.2) is 0 Å². The lowest BCUT2D eigenvalue weighted by Gasteiger charge is -2.01. The molecule has 2 rings (SSSR count). The number of hydrogen-bond donors (Lipinski definition) is 1. The molecule has 0 fully saturated rings. The van der Waals surface area contributed by atoms with E-state index in [1.165, 1.54) is 0 Å². The summed E-state index contributed by atoms with van der Waals surface area (Å²) in [5, 5.41) is 0. The van der Waals surface area contributed by atoms with Crippen LogP contribution < -0.4 is 4.57 Å². The molecule has 0 atom stereocenters.